The summed E-state index contributed by atoms with van der Waals surface area (Å²) in [6.07, 6.45) is 1.96. The number of halogens is 1. The van der Waals surface area contributed by atoms with Crippen LogP contribution in [-0.4, -0.2) is 48.7 Å². The van der Waals surface area contributed by atoms with Crippen molar-refractivity contribution >= 4 is 21.8 Å². The van der Waals surface area contributed by atoms with E-state index in [4.69, 9.17) is 9.47 Å². The molecule has 126 valence electrons. The van der Waals surface area contributed by atoms with Crippen LogP contribution >= 0.6 is 15.9 Å². The van der Waals surface area contributed by atoms with Crippen LogP contribution in [-0.2, 0) is 4.79 Å². The molecule has 0 radical (unpaired) electrons. The molecule has 0 spiro atoms. The van der Waals surface area contributed by atoms with Crippen LogP contribution in [0.3, 0.4) is 0 Å². The third-order valence-corrected chi connectivity index (χ3v) is 5.02. The number of likely N-dealkylation sites (tertiary alicyclic amines) is 1. The normalized spacial score (nSPS) is 23.3. The predicted octanol–water partition coefficient (Wildman–Crippen LogP) is 2.58. The molecule has 1 aromatic carbocycles. The van der Waals surface area contributed by atoms with Crippen molar-refractivity contribution in [2.24, 2.45) is 0 Å². The fourth-order valence-corrected chi connectivity index (χ4v) is 3.59. The summed E-state index contributed by atoms with van der Waals surface area (Å²) in [6, 6.07) is 5.83. The second kappa shape index (κ2) is 6.69. The standard InChI is InChI=1S/C17H23BrN2O3/c1-12(21)19-17(2)5-7-20(8-6-17)10-14-11-22-15-4-3-13(18)9-16(15)23-14/h3-4,9,14H,5-8,10-11H2,1-2H3,(H,19,21)/t14-/m0/s1. The zero-order valence-corrected chi connectivity index (χ0v) is 15.2. The highest BCUT2D eigenvalue weighted by Gasteiger charge is 2.32. The number of piperidine rings is 1. The molecule has 1 aromatic rings. The van der Waals surface area contributed by atoms with Crippen molar-refractivity contribution < 1.29 is 14.3 Å². The van der Waals surface area contributed by atoms with Gasteiger partial charge in [-0.2, -0.15) is 0 Å². The van der Waals surface area contributed by atoms with Gasteiger partial charge in [0.25, 0.3) is 0 Å². The lowest BCUT2D eigenvalue weighted by Gasteiger charge is -2.41. The molecule has 0 saturated carbocycles. The first-order valence-electron chi connectivity index (χ1n) is 8.04. The predicted molar refractivity (Wildman–Crippen MR) is 91.9 cm³/mol. The van der Waals surface area contributed by atoms with Gasteiger partial charge in [0.2, 0.25) is 5.91 Å². The van der Waals surface area contributed by atoms with Gasteiger partial charge in [-0.3, -0.25) is 9.69 Å². The van der Waals surface area contributed by atoms with E-state index in [1.807, 2.05) is 18.2 Å². The van der Waals surface area contributed by atoms with E-state index in [-0.39, 0.29) is 17.6 Å². The minimum atomic E-state index is -0.0796. The smallest absolute Gasteiger partial charge is 0.217 e. The van der Waals surface area contributed by atoms with Gasteiger partial charge in [-0.05, 0) is 38.0 Å². The van der Waals surface area contributed by atoms with Crippen molar-refractivity contribution in [2.45, 2.75) is 38.3 Å². The zero-order valence-electron chi connectivity index (χ0n) is 13.6. The number of carbonyl (C=O) groups excluding carboxylic acids is 1. The Labute approximate surface area is 145 Å². The summed E-state index contributed by atoms with van der Waals surface area (Å²) in [5.41, 5.74) is -0.0796. The number of nitrogens with zero attached hydrogens (tertiary/aromatic N) is 1. The summed E-state index contributed by atoms with van der Waals surface area (Å²) >= 11 is 3.46. The number of benzene rings is 1. The first-order chi connectivity index (χ1) is 10.9. The highest BCUT2D eigenvalue weighted by atomic mass is 79.9. The van der Waals surface area contributed by atoms with Crippen molar-refractivity contribution in [3.8, 4) is 11.5 Å². The number of hydrogen-bond donors (Lipinski definition) is 1. The van der Waals surface area contributed by atoms with Crippen LogP contribution in [0.1, 0.15) is 26.7 Å². The number of nitrogens with one attached hydrogen (secondary N) is 1. The maximum absolute atomic E-state index is 11.3. The highest BCUT2D eigenvalue weighted by Crippen LogP contribution is 2.34. The van der Waals surface area contributed by atoms with Gasteiger partial charge in [-0.25, -0.2) is 0 Å². The lowest BCUT2D eigenvalue weighted by atomic mass is 9.89. The molecular weight excluding hydrogens is 360 g/mol. The van der Waals surface area contributed by atoms with Gasteiger partial charge in [-0.1, -0.05) is 15.9 Å². The maximum Gasteiger partial charge on any atom is 0.217 e. The number of rotatable bonds is 3. The van der Waals surface area contributed by atoms with Gasteiger partial charge in [0.1, 0.15) is 12.7 Å². The van der Waals surface area contributed by atoms with Crippen LogP contribution in [0.4, 0.5) is 0 Å². The van der Waals surface area contributed by atoms with E-state index in [0.29, 0.717) is 6.61 Å². The van der Waals surface area contributed by atoms with Crippen LogP contribution in [0.15, 0.2) is 22.7 Å². The molecular formula is C17H23BrN2O3. The van der Waals surface area contributed by atoms with Crippen LogP contribution in [0, 0.1) is 0 Å². The minimum absolute atomic E-state index is 0.0434. The summed E-state index contributed by atoms with van der Waals surface area (Å²) in [7, 11) is 0. The van der Waals surface area contributed by atoms with Crippen LogP contribution in [0.5, 0.6) is 11.5 Å². The molecule has 1 fully saturated rings. The number of amides is 1. The molecule has 6 heteroatoms. The van der Waals surface area contributed by atoms with Gasteiger partial charge >= 0.3 is 0 Å². The lowest BCUT2D eigenvalue weighted by Crippen LogP contribution is -2.54. The Kier molecular flexibility index (Phi) is 4.82. The molecule has 2 aliphatic rings. The number of ether oxygens (including phenoxy) is 2. The molecule has 1 amide bonds. The first kappa shape index (κ1) is 16.6. The third kappa shape index (κ3) is 4.18. The van der Waals surface area contributed by atoms with Crippen LogP contribution < -0.4 is 14.8 Å². The summed E-state index contributed by atoms with van der Waals surface area (Å²) in [5.74, 6) is 1.66. The van der Waals surface area contributed by atoms with E-state index in [1.54, 1.807) is 6.92 Å². The van der Waals surface area contributed by atoms with Crippen molar-refractivity contribution in [3.63, 3.8) is 0 Å². The first-order valence-corrected chi connectivity index (χ1v) is 8.83. The molecule has 0 unspecified atom stereocenters. The molecule has 5 nitrogen and oxygen atoms in total. The summed E-state index contributed by atoms with van der Waals surface area (Å²) in [6.45, 7) is 7.06. The Morgan fingerprint density at radius 1 is 1.39 bits per heavy atom. The van der Waals surface area contributed by atoms with Crippen molar-refractivity contribution in [1.29, 1.82) is 0 Å². The van der Waals surface area contributed by atoms with Crippen molar-refractivity contribution in [1.82, 2.24) is 10.2 Å². The van der Waals surface area contributed by atoms with Gasteiger partial charge in [0, 0.05) is 36.6 Å². The fourth-order valence-electron chi connectivity index (χ4n) is 3.25. The van der Waals surface area contributed by atoms with Gasteiger partial charge in [0.05, 0.1) is 0 Å². The van der Waals surface area contributed by atoms with Crippen LogP contribution in [0.2, 0.25) is 0 Å². The second-order valence-electron chi connectivity index (χ2n) is 6.68. The molecule has 0 aliphatic carbocycles. The largest absolute Gasteiger partial charge is 0.486 e. The average Bonchev–Trinajstić information content (AvgIpc) is 2.48. The Morgan fingerprint density at radius 3 is 2.83 bits per heavy atom. The van der Waals surface area contributed by atoms with E-state index >= 15 is 0 Å². The molecule has 23 heavy (non-hydrogen) atoms. The van der Waals surface area contributed by atoms with Gasteiger partial charge < -0.3 is 14.8 Å². The Morgan fingerprint density at radius 2 is 2.13 bits per heavy atom. The summed E-state index contributed by atoms with van der Waals surface area (Å²) in [4.78, 5) is 13.7. The van der Waals surface area contributed by atoms with E-state index in [9.17, 15) is 4.79 Å². The van der Waals surface area contributed by atoms with Gasteiger partial charge in [0.15, 0.2) is 11.5 Å². The molecule has 1 N–H and O–H groups in total. The minimum Gasteiger partial charge on any atom is -0.486 e. The van der Waals surface area contributed by atoms with E-state index < -0.39 is 0 Å². The van der Waals surface area contributed by atoms with E-state index in [0.717, 1.165) is 48.4 Å². The summed E-state index contributed by atoms with van der Waals surface area (Å²) in [5, 5.41) is 3.07. The SMILES string of the molecule is CC(=O)NC1(C)CCN(C[C@H]2COc3ccc(Br)cc3O2)CC1. The Bertz CT molecular complexity index is 585. The molecule has 1 atom stereocenters. The maximum atomic E-state index is 11.3. The lowest BCUT2D eigenvalue weighted by molar-refractivity contribution is -0.121. The summed E-state index contributed by atoms with van der Waals surface area (Å²) < 4.78 is 12.9. The number of carbonyl (C=O) groups is 1. The molecule has 1 saturated heterocycles. The number of fused-ring (bicyclic) bond motifs is 1. The van der Waals surface area contributed by atoms with E-state index in [2.05, 4.69) is 33.1 Å². The van der Waals surface area contributed by atoms with Crippen LogP contribution in [0.25, 0.3) is 0 Å². The monoisotopic (exact) mass is 382 g/mol. The van der Waals surface area contributed by atoms with Crippen molar-refractivity contribution in [3.05, 3.63) is 22.7 Å². The second-order valence-corrected chi connectivity index (χ2v) is 7.60. The molecule has 2 heterocycles. The molecule has 0 aromatic heterocycles. The van der Waals surface area contributed by atoms with E-state index in [1.165, 1.54) is 0 Å². The zero-order chi connectivity index (χ0) is 16.4. The average molecular weight is 383 g/mol. The molecule has 2 aliphatic heterocycles. The molecule has 3 rings (SSSR count). The number of hydrogen-bond acceptors (Lipinski definition) is 4. The third-order valence-electron chi connectivity index (χ3n) is 4.52. The topological polar surface area (TPSA) is 50.8 Å². The van der Waals surface area contributed by atoms with Gasteiger partial charge in [-0.15, -0.1) is 0 Å². The Balaban J connectivity index is 1.53. The molecule has 0 bridgehead atoms. The Hall–Kier alpha value is -1.27. The van der Waals surface area contributed by atoms with Crippen molar-refractivity contribution in [2.75, 3.05) is 26.2 Å². The highest BCUT2D eigenvalue weighted by molar-refractivity contribution is 9.10. The quantitative estimate of drug-likeness (QED) is 0.872. The fraction of sp³-hybridized carbons (Fsp3) is 0.588.